The van der Waals surface area contributed by atoms with E-state index >= 15 is 0 Å². The Morgan fingerprint density at radius 2 is 1.74 bits per heavy atom. The van der Waals surface area contributed by atoms with Gasteiger partial charge in [-0.2, -0.15) is 0 Å². The van der Waals surface area contributed by atoms with Crippen molar-refractivity contribution in [2.75, 3.05) is 6.54 Å². The number of hydrogen-bond donors (Lipinski definition) is 2. The highest BCUT2D eigenvalue weighted by Crippen LogP contribution is 2.21. The highest BCUT2D eigenvalue weighted by Gasteiger charge is 2.27. The molecule has 1 aliphatic carbocycles. The van der Waals surface area contributed by atoms with Gasteiger partial charge in [0, 0.05) is 18.2 Å². The van der Waals surface area contributed by atoms with Crippen molar-refractivity contribution in [3.8, 4) is 5.69 Å². The van der Waals surface area contributed by atoms with E-state index in [1.807, 2.05) is 37.3 Å². The Morgan fingerprint density at radius 3 is 2.42 bits per heavy atom. The number of benzene rings is 2. The summed E-state index contributed by atoms with van der Waals surface area (Å²) < 4.78 is 1.72. The van der Waals surface area contributed by atoms with Crippen LogP contribution in [0.3, 0.4) is 0 Å². The average molecular weight is 418 g/mol. The van der Waals surface area contributed by atoms with Crippen molar-refractivity contribution in [3.63, 3.8) is 0 Å². The maximum atomic E-state index is 12.7. The van der Waals surface area contributed by atoms with Crippen molar-refractivity contribution in [1.82, 2.24) is 25.6 Å². The van der Waals surface area contributed by atoms with Crippen LogP contribution in [0.2, 0.25) is 0 Å². The number of aromatic nitrogens is 3. The van der Waals surface area contributed by atoms with Crippen molar-refractivity contribution in [2.45, 2.75) is 45.1 Å². The van der Waals surface area contributed by atoms with Crippen LogP contribution in [0, 0.1) is 0 Å². The van der Waals surface area contributed by atoms with E-state index < -0.39 is 0 Å². The van der Waals surface area contributed by atoms with Gasteiger partial charge in [-0.3, -0.25) is 9.59 Å². The van der Waals surface area contributed by atoms with Crippen LogP contribution in [0.1, 0.15) is 58.3 Å². The van der Waals surface area contributed by atoms with Gasteiger partial charge >= 0.3 is 0 Å². The number of hydrogen-bond acceptors (Lipinski definition) is 4. The number of nitrogens with one attached hydrogen (secondary N) is 2. The van der Waals surface area contributed by atoms with Crippen LogP contribution in [0.25, 0.3) is 5.69 Å². The zero-order valence-corrected chi connectivity index (χ0v) is 17.7. The number of nitrogens with zero attached hydrogens (tertiary/aromatic N) is 3. The molecule has 0 bridgehead atoms. The molecule has 7 heteroatoms. The first-order valence-electron chi connectivity index (χ1n) is 10.8. The maximum absolute atomic E-state index is 12.7. The minimum absolute atomic E-state index is 0.111. The quantitative estimate of drug-likeness (QED) is 0.560. The molecule has 2 amide bonds. The van der Waals surface area contributed by atoms with Gasteiger partial charge in [0.1, 0.15) is 0 Å². The Bertz CT molecular complexity index is 1040. The maximum Gasteiger partial charge on any atom is 0.273 e. The van der Waals surface area contributed by atoms with Crippen molar-refractivity contribution < 1.29 is 9.59 Å². The molecule has 4 rings (SSSR count). The molecule has 0 unspecified atom stereocenters. The molecule has 1 aromatic heterocycles. The van der Waals surface area contributed by atoms with Crippen LogP contribution < -0.4 is 10.6 Å². The predicted octanol–water partition coefficient (Wildman–Crippen LogP) is 3.08. The van der Waals surface area contributed by atoms with Crippen molar-refractivity contribution in [1.29, 1.82) is 0 Å². The molecule has 1 saturated carbocycles. The highest BCUT2D eigenvalue weighted by atomic mass is 16.2. The van der Waals surface area contributed by atoms with Gasteiger partial charge in [0.25, 0.3) is 11.8 Å². The summed E-state index contributed by atoms with van der Waals surface area (Å²) >= 11 is 0. The van der Waals surface area contributed by atoms with E-state index in [1.54, 1.807) is 16.8 Å². The molecule has 3 aromatic rings. The molecule has 1 aliphatic rings. The molecule has 0 aliphatic heterocycles. The van der Waals surface area contributed by atoms with E-state index in [4.69, 9.17) is 0 Å². The first-order valence-corrected chi connectivity index (χ1v) is 10.8. The van der Waals surface area contributed by atoms with E-state index in [9.17, 15) is 9.59 Å². The number of carbonyl (C=O) groups is 2. The highest BCUT2D eigenvalue weighted by molar-refractivity contribution is 5.94. The van der Waals surface area contributed by atoms with Crippen LogP contribution in [0.15, 0.2) is 54.6 Å². The van der Waals surface area contributed by atoms with Crippen LogP contribution in [-0.2, 0) is 12.8 Å². The third-order valence-electron chi connectivity index (χ3n) is 5.32. The molecular weight excluding hydrogens is 390 g/mol. The zero-order chi connectivity index (χ0) is 21.6. The first kappa shape index (κ1) is 20.8. The van der Waals surface area contributed by atoms with Crippen LogP contribution >= 0.6 is 0 Å². The van der Waals surface area contributed by atoms with E-state index in [0.717, 1.165) is 37.1 Å². The standard InChI is InChI=1S/C24H27N5O2/c1-2-25-23(30)18-11-15-20(16-12-18)29-21(10-6-9-17-7-4-3-5-8-17)22(27-28-29)24(31)26-19-13-14-19/h3-5,7-8,11-12,15-16,19H,2,6,9-10,13-14H2,1H3,(H,25,30)(H,26,31). The summed E-state index contributed by atoms with van der Waals surface area (Å²) in [5, 5.41) is 14.3. The monoisotopic (exact) mass is 417 g/mol. The molecule has 160 valence electrons. The van der Waals surface area contributed by atoms with Gasteiger partial charge in [-0.15, -0.1) is 5.10 Å². The molecule has 1 fully saturated rings. The second-order valence-corrected chi connectivity index (χ2v) is 7.79. The Kier molecular flexibility index (Phi) is 6.40. The van der Waals surface area contributed by atoms with Crippen LogP contribution in [0.4, 0.5) is 0 Å². The normalized spacial score (nSPS) is 13.1. The first-order chi connectivity index (χ1) is 15.2. The predicted molar refractivity (Wildman–Crippen MR) is 118 cm³/mol. The Hall–Kier alpha value is -3.48. The topological polar surface area (TPSA) is 88.9 Å². The van der Waals surface area contributed by atoms with Gasteiger partial charge in [-0.05, 0) is 68.9 Å². The number of amides is 2. The van der Waals surface area contributed by atoms with Gasteiger partial charge in [0.2, 0.25) is 0 Å². The third kappa shape index (κ3) is 5.17. The minimum Gasteiger partial charge on any atom is -0.352 e. The summed E-state index contributed by atoms with van der Waals surface area (Å²) in [6.45, 7) is 2.46. The summed E-state index contributed by atoms with van der Waals surface area (Å²) in [6, 6.07) is 17.7. The number of carbonyl (C=O) groups excluding carboxylic acids is 2. The molecule has 31 heavy (non-hydrogen) atoms. The summed E-state index contributed by atoms with van der Waals surface area (Å²) in [4.78, 5) is 24.8. The average Bonchev–Trinajstić information content (AvgIpc) is 3.51. The minimum atomic E-state index is -0.164. The number of rotatable bonds is 9. The Balaban J connectivity index is 1.56. The molecule has 0 atom stereocenters. The Morgan fingerprint density at radius 1 is 1.00 bits per heavy atom. The van der Waals surface area contributed by atoms with Gasteiger partial charge in [-0.1, -0.05) is 35.5 Å². The molecule has 0 saturated heterocycles. The van der Waals surface area contributed by atoms with Crippen LogP contribution in [-0.4, -0.2) is 39.4 Å². The zero-order valence-electron chi connectivity index (χ0n) is 17.7. The smallest absolute Gasteiger partial charge is 0.273 e. The molecule has 1 heterocycles. The molecular formula is C24H27N5O2. The summed E-state index contributed by atoms with van der Waals surface area (Å²) in [5.74, 6) is -0.275. The molecule has 7 nitrogen and oxygen atoms in total. The number of aryl methyl sites for hydroxylation is 1. The lowest BCUT2D eigenvalue weighted by Crippen LogP contribution is -2.27. The molecule has 0 radical (unpaired) electrons. The molecule has 2 aromatic carbocycles. The van der Waals surface area contributed by atoms with Crippen LogP contribution in [0.5, 0.6) is 0 Å². The van der Waals surface area contributed by atoms with E-state index in [1.165, 1.54) is 5.56 Å². The van der Waals surface area contributed by atoms with E-state index in [0.29, 0.717) is 24.2 Å². The fraction of sp³-hybridized carbons (Fsp3) is 0.333. The largest absolute Gasteiger partial charge is 0.352 e. The van der Waals surface area contributed by atoms with Gasteiger partial charge in [-0.25, -0.2) is 4.68 Å². The van der Waals surface area contributed by atoms with E-state index in [-0.39, 0.29) is 17.9 Å². The van der Waals surface area contributed by atoms with Gasteiger partial charge in [0.15, 0.2) is 5.69 Å². The third-order valence-corrected chi connectivity index (χ3v) is 5.32. The second-order valence-electron chi connectivity index (χ2n) is 7.79. The Labute approximate surface area is 181 Å². The second kappa shape index (κ2) is 9.55. The van der Waals surface area contributed by atoms with Gasteiger partial charge in [0.05, 0.1) is 11.4 Å². The lowest BCUT2D eigenvalue weighted by Gasteiger charge is -2.10. The molecule has 2 N–H and O–H groups in total. The molecule has 0 spiro atoms. The summed E-state index contributed by atoms with van der Waals surface area (Å²) in [6.07, 6.45) is 4.49. The lowest BCUT2D eigenvalue weighted by molar-refractivity contribution is 0.0940. The summed E-state index contributed by atoms with van der Waals surface area (Å²) in [7, 11) is 0. The van der Waals surface area contributed by atoms with Crippen molar-refractivity contribution >= 4 is 11.8 Å². The fourth-order valence-electron chi connectivity index (χ4n) is 3.51. The SMILES string of the molecule is CCNC(=O)c1ccc(-n2nnc(C(=O)NC3CC3)c2CCCc2ccccc2)cc1. The van der Waals surface area contributed by atoms with E-state index in [2.05, 4.69) is 33.1 Å². The van der Waals surface area contributed by atoms with Crippen molar-refractivity contribution in [2.24, 2.45) is 0 Å². The summed E-state index contributed by atoms with van der Waals surface area (Å²) in [5.41, 5.74) is 3.80. The van der Waals surface area contributed by atoms with Crippen molar-refractivity contribution in [3.05, 3.63) is 77.1 Å². The lowest BCUT2D eigenvalue weighted by atomic mass is 10.1. The van der Waals surface area contributed by atoms with Gasteiger partial charge < -0.3 is 10.6 Å². The fourth-order valence-corrected chi connectivity index (χ4v) is 3.51.